The van der Waals surface area contributed by atoms with Gasteiger partial charge in [0.05, 0.1) is 6.67 Å². The summed E-state index contributed by atoms with van der Waals surface area (Å²) in [7, 11) is 0. The molecular formula is C17H18Cl2N2. The molecule has 0 amide bonds. The number of benzene rings is 2. The molecule has 3 rings (SSSR count). The Morgan fingerprint density at radius 3 is 2.43 bits per heavy atom. The Kier molecular flexibility index (Phi) is 4.27. The molecule has 1 aliphatic heterocycles. The first-order valence-electron chi connectivity index (χ1n) is 7.22. The third kappa shape index (κ3) is 2.83. The molecule has 0 aromatic heterocycles. The summed E-state index contributed by atoms with van der Waals surface area (Å²) in [5.41, 5.74) is 1.35. The van der Waals surface area contributed by atoms with Crippen LogP contribution in [0, 0.1) is 0 Å². The lowest BCUT2D eigenvalue weighted by molar-refractivity contribution is 0.268. The average Bonchev–Trinajstić information content (AvgIpc) is 2.80. The highest BCUT2D eigenvalue weighted by molar-refractivity contribution is 6.38. The van der Waals surface area contributed by atoms with Gasteiger partial charge in [-0.2, -0.15) is 0 Å². The fourth-order valence-electron chi connectivity index (χ4n) is 2.76. The molecule has 0 N–H and O–H groups in total. The summed E-state index contributed by atoms with van der Waals surface area (Å²) in [4.78, 5) is 4.21. The van der Waals surface area contributed by atoms with Crippen LogP contribution in [0.5, 0.6) is 0 Å². The molecule has 0 atom stereocenters. The highest BCUT2D eigenvalue weighted by Gasteiger charge is 2.25. The topological polar surface area (TPSA) is 6.48 Å². The van der Waals surface area contributed by atoms with E-state index >= 15 is 0 Å². The molecular weight excluding hydrogens is 303 g/mol. The summed E-state index contributed by atoms with van der Waals surface area (Å²) >= 11 is 12.6. The molecule has 0 saturated heterocycles. The average molecular weight is 321 g/mol. The number of rotatable bonds is 4. The molecule has 1 heterocycles. The Hall–Kier alpha value is -1.38. The molecule has 2 aromatic rings. The van der Waals surface area contributed by atoms with Crippen LogP contribution in [0.25, 0.3) is 10.8 Å². The predicted octanol–water partition coefficient (Wildman–Crippen LogP) is 4.58. The van der Waals surface area contributed by atoms with Gasteiger partial charge in [0, 0.05) is 13.1 Å². The van der Waals surface area contributed by atoms with Crippen LogP contribution in [0.1, 0.15) is 12.5 Å². The molecule has 0 saturated carbocycles. The second-order valence-corrected chi connectivity index (χ2v) is 5.95. The molecule has 2 nitrogen and oxygen atoms in total. The van der Waals surface area contributed by atoms with Crippen molar-refractivity contribution in [2.24, 2.45) is 0 Å². The predicted molar refractivity (Wildman–Crippen MR) is 90.3 cm³/mol. The van der Waals surface area contributed by atoms with E-state index in [1.54, 1.807) is 0 Å². The monoisotopic (exact) mass is 320 g/mol. The van der Waals surface area contributed by atoms with Crippen molar-refractivity contribution in [3.8, 4) is 0 Å². The Morgan fingerprint density at radius 1 is 0.952 bits per heavy atom. The van der Waals surface area contributed by atoms with E-state index in [1.807, 2.05) is 0 Å². The maximum Gasteiger partial charge on any atom is 0.141 e. The van der Waals surface area contributed by atoms with E-state index in [-0.39, 0.29) is 0 Å². The molecule has 0 bridgehead atoms. The van der Waals surface area contributed by atoms with Crippen LogP contribution in [0.4, 0.5) is 0 Å². The second-order valence-electron chi connectivity index (χ2n) is 5.23. The van der Waals surface area contributed by atoms with Gasteiger partial charge in [-0.25, -0.2) is 0 Å². The van der Waals surface area contributed by atoms with Crippen molar-refractivity contribution in [3.63, 3.8) is 0 Å². The van der Waals surface area contributed by atoms with Gasteiger partial charge in [0.1, 0.15) is 10.3 Å². The molecule has 4 heteroatoms. The van der Waals surface area contributed by atoms with E-state index in [0.717, 1.165) is 26.2 Å². The molecule has 0 radical (unpaired) electrons. The second kappa shape index (κ2) is 6.17. The quantitative estimate of drug-likeness (QED) is 0.761. The van der Waals surface area contributed by atoms with Gasteiger partial charge in [0.2, 0.25) is 0 Å². The minimum absolute atomic E-state index is 0.664. The zero-order chi connectivity index (χ0) is 14.8. The largest absolute Gasteiger partial charge is 0.342 e. The zero-order valence-electron chi connectivity index (χ0n) is 12.0. The number of nitrogens with zero attached hydrogens (tertiary/aromatic N) is 2. The van der Waals surface area contributed by atoms with Gasteiger partial charge in [-0.1, -0.05) is 65.7 Å². The van der Waals surface area contributed by atoms with Gasteiger partial charge >= 0.3 is 0 Å². The lowest BCUT2D eigenvalue weighted by Crippen LogP contribution is -2.28. The van der Waals surface area contributed by atoms with Crippen LogP contribution in [0.3, 0.4) is 0 Å². The standard InChI is InChI=1S/C17H18Cl2N2/c1-2-20-12-21(17(19)16(20)18)11-10-14-8-5-7-13-6-3-4-9-15(13)14/h3-9H,2,10-12H2,1H3. The summed E-state index contributed by atoms with van der Waals surface area (Å²) in [6, 6.07) is 14.9. The van der Waals surface area contributed by atoms with Gasteiger partial charge in [-0.15, -0.1) is 0 Å². The molecule has 2 aromatic carbocycles. The summed E-state index contributed by atoms with van der Waals surface area (Å²) in [5.74, 6) is 0. The highest BCUT2D eigenvalue weighted by atomic mass is 35.5. The van der Waals surface area contributed by atoms with Gasteiger partial charge in [0.15, 0.2) is 0 Å². The maximum absolute atomic E-state index is 6.32. The van der Waals surface area contributed by atoms with Crippen molar-refractivity contribution in [3.05, 3.63) is 58.3 Å². The third-order valence-electron chi connectivity index (χ3n) is 3.98. The lowest BCUT2D eigenvalue weighted by Gasteiger charge is -2.21. The van der Waals surface area contributed by atoms with E-state index in [2.05, 4.69) is 59.2 Å². The molecule has 110 valence electrons. The molecule has 1 aliphatic rings. The summed E-state index contributed by atoms with van der Waals surface area (Å²) in [6.45, 7) is 4.61. The van der Waals surface area contributed by atoms with Gasteiger partial charge in [0.25, 0.3) is 0 Å². The minimum Gasteiger partial charge on any atom is -0.342 e. The summed E-state index contributed by atoms with van der Waals surface area (Å²) in [6.07, 6.45) is 0.958. The molecule has 0 spiro atoms. The Bertz CT molecular complexity index is 676. The van der Waals surface area contributed by atoms with Crippen LogP contribution in [0.15, 0.2) is 52.8 Å². The molecule has 0 fully saturated rings. The first kappa shape index (κ1) is 14.6. The number of hydrogen-bond donors (Lipinski definition) is 0. The van der Waals surface area contributed by atoms with E-state index in [9.17, 15) is 0 Å². The lowest BCUT2D eigenvalue weighted by atomic mass is 10.0. The molecule has 0 aliphatic carbocycles. The smallest absolute Gasteiger partial charge is 0.141 e. The normalized spacial score (nSPS) is 15.4. The van der Waals surface area contributed by atoms with Crippen molar-refractivity contribution < 1.29 is 0 Å². The molecule has 0 unspecified atom stereocenters. The van der Waals surface area contributed by atoms with E-state index in [0.29, 0.717) is 10.3 Å². The third-order valence-corrected chi connectivity index (χ3v) is 4.91. The van der Waals surface area contributed by atoms with Crippen LogP contribution in [-0.4, -0.2) is 29.6 Å². The van der Waals surface area contributed by atoms with Crippen LogP contribution >= 0.6 is 23.2 Å². The number of halogens is 2. The maximum atomic E-state index is 6.32. The van der Waals surface area contributed by atoms with Crippen molar-refractivity contribution in [2.75, 3.05) is 19.8 Å². The van der Waals surface area contributed by atoms with Gasteiger partial charge < -0.3 is 9.80 Å². The SMILES string of the molecule is CCN1CN(CCc2cccc3ccccc23)C(Cl)=C1Cl. The van der Waals surface area contributed by atoms with Gasteiger partial charge in [-0.3, -0.25) is 0 Å². The van der Waals surface area contributed by atoms with Crippen molar-refractivity contribution in [2.45, 2.75) is 13.3 Å². The Labute approximate surface area is 135 Å². The first-order valence-corrected chi connectivity index (χ1v) is 7.98. The summed E-state index contributed by atoms with van der Waals surface area (Å²) in [5, 5.41) is 3.93. The first-order chi connectivity index (χ1) is 10.2. The Balaban J connectivity index is 1.76. The van der Waals surface area contributed by atoms with Crippen LogP contribution in [-0.2, 0) is 6.42 Å². The van der Waals surface area contributed by atoms with Crippen molar-refractivity contribution >= 4 is 34.0 Å². The minimum atomic E-state index is 0.664. The van der Waals surface area contributed by atoms with Crippen LogP contribution in [0.2, 0.25) is 0 Å². The number of fused-ring (bicyclic) bond motifs is 1. The van der Waals surface area contributed by atoms with Gasteiger partial charge in [-0.05, 0) is 29.7 Å². The number of hydrogen-bond acceptors (Lipinski definition) is 2. The van der Waals surface area contributed by atoms with E-state index < -0.39 is 0 Å². The fraction of sp³-hybridized carbons (Fsp3) is 0.294. The van der Waals surface area contributed by atoms with Crippen molar-refractivity contribution in [1.82, 2.24) is 9.80 Å². The van der Waals surface area contributed by atoms with Crippen molar-refractivity contribution in [1.29, 1.82) is 0 Å². The molecule has 21 heavy (non-hydrogen) atoms. The highest BCUT2D eigenvalue weighted by Crippen LogP contribution is 2.29. The Morgan fingerprint density at radius 2 is 1.67 bits per heavy atom. The van der Waals surface area contributed by atoms with E-state index in [1.165, 1.54) is 16.3 Å². The zero-order valence-corrected chi connectivity index (χ0v) is 13.5. The van der Waals surface area contributed by atoms with E-state index in [4.69, 9.17) is 23.2 Å². The summed E-state index contributed by atoms with van der Waals surface area (Å²) < 4.78 is 0. The fourth-order valence-corrected chi connectivity index (χ4v) is 3.31. The van der Waals surface area contributed by atoms with Crippen LogP contribution < -0.4 is 0 Å².